The number of nitrogens with two attached hydrogens (primary N) is 1. The number of amides is 1. The van der Waals surface area contributed by atoms with E-state index in [2.05, 4.69) is 13.8 Å². The molecule has 0 spiro atoms. The second-order valence-electron chi connectivity index (χ2n) is 5.23. The van der Waals surface area contributed by atoms with Gasteiger partial charge in [-0.05, 0) is 36.1 Å². The van der Waals surface area contributed by atoms with E-state index < -0.39 is 10.0 Å². The third-order valence-electron chi connectivity index (χ3n) is 3.71. The SMILES string of the molecule is CC1CN(C(=O)c2ccc(S(N)(=O)=O)cc2)CC1C. The number of hydrogen-bond acceptors (Lipinski definition) is 3. The number of carbonyl (C=O) groups is 1. The van der Waals surface area contributed by atoms with Crippen molar-refractivity contribution in [3.8, 4) is 0 Å². The minimum Gasteiger partial charge on any atom is -0.338 e. The molecule has 1 aliphatic heterocycles. The first-order valence-electron chi connectivity index (χ1n) is 6.21. The Kier molecular flexibility index (Phi) is 3.64. The first-order chi connectivity index (χ1) is 8.79. The van der Waals surface area contributed by atoms with Crippen LogP contribution in [0.5, 0.6) is 0 Å². The Bertz CT molecular complexity index is 570. The zero-order chi connectivity index (χ0) is 14.2. The monoisotopic (exact) mass is 282 g/mol. The average molecular weight is 282 g/mol. The van der Waals surface area contributed by atoms with Gasteiger partial charge >= 0.3 is 0 Å². The molecule has 19 heavy (non-hydrogen) atoms. The summed E-state index contributed by atoms with van der Waals surface area (Å²) >= 11 is 0. The molecule has 0 bridgehead atoms. The van der Waals surface area contributed by atoms with E-state index in [0.717, 1.165) is 13.1 Å². The van der Waals surface area contributed by atoms with Crippen molar-refractivity contribution in [2.24, 2.45) is 17.0 Å². The van der Waals surface area contributed by atoms with Gasteiger partial charge in [-0.2, -0.15) is 0 Å². The maximum atomic E-state index is 12.2. The molecule has 0 aromatic heterocycles. The van der Waals surface area contributed by atoms with E-state index in [1.54, 1.807) is 4.90 Å². The molecule has 6 heteroatoms. The van der Waals surface area contributed by atoms with E-state index in [-0.39, 0.29) is 10.8 Å². The molecule has 1 aromatic rings. The van der Waals surface area contributed by atoms with Gasteiger partial charge < -0.3 is 4.90 Å². The number of hydrogen-bond donors (Lipinski definition) is 1. The van der Waals surface area contributed by atoms with Crippen LogP contribution in [0.4, 0.5) is 0 Å². The van der Waals surface area contributed by atoms with Gasteiger partial charge in [-0.25, -0.2) is 13.6 Å². The smallest absolute Gasteiger partial charge is 0.253 e. The first-order valence-corrected chi connectivity index (χ1v) is 7.76. The van der Waals surface area contributed by atoms with Gasteiger partial charge in [0.2, 0.25) is 10.0 Å². The molecule has 2 unspecified atom stereocenters. The molecule has 1 aliphatic rings. The number of primary sulfonamides is 1. The number of rotatable bonds is 2. The Morgan fingerprint density at radius 2 is 1.63 bits per heavy atom. The topological polar surface area (TPSA) is 80.5 Å². The summed E-state index contributed by atoms with van der Waals surface area (Å²) in [5, 5.41) is 5.02. The molecular weight excluding hydrogens is 264 g/mol. The van der Waals surface area contributed by atoms with E-state index in [1.807, 2.05) is 0 Å². The van der Waals surface area contributed by atoms with Crippen molar-refractivity contribution in [2.45, 2.75) is 18.7 Å². The Labute approximate surface area is 113 Å². The second kappa shape index (κ2) is 4.94. The van der Waals surface area contributed by atoms with E-state index in [4.69, 9.17) is 5.14 Å². The minimum atomic E-state index is -3.71. The lowest BCUT2D eigenvalue weighted by Crippen LogP contribution is -2.28. The van der Waals surface area contributed by atoms with Gasteiger partial charge in [0, 0.05) is 18.7 Å². The minimum absolute atomic E-state index is 0.0206. The summed E-state index contributed by atoms with van der Waals surface area (Å²) in [6.07, 6.45) is 0. The van der Waals surface area contributed by atoms with Crippen LogP contribution in [0.15, 0.2) is 29.2 Å². The van der Waals surface area contributed by atoms with Crippen molar-refractivity contribution < 1.29 is 13.2 Å². The first kappa shape index (κ1) is 14.0. The zero-order valence-electron chi connectivity index (χ0n) is 11.0. The van der Waals surface area contributed by atoms with Crippen LogP contribution in [0.2, 0.25) is 0 Å². The predicted molar refractivity (Wildman–Crippen MR) is 72.0 cm³/mol. The second-order valence-corrected chi connectivity index (χ2v) is 6.80. The van der Waals surface area contributed by atoms with E-state index in [1.165, 1.54) is 24.3 Å². The lowest BCUT2D eigenvalue weighted by molar-refractivity contribution is 0.0785. The third-order valence-corrected chi connectivity index (χ3v) is 4.63. The highest BCUT2D eigenvalue weighted by Gasteiger charge is 2.29. The van der Waals surface area contributed by atoms with Gasteiger partial charge in [0.15, 0.2) is 0 Å². The van der Waals surface area contributed by atoms with E-state index in [0.29, 0.717) is 17.4 Å². The van der Waals surface area contributed by atoms with Crippen LogP contribution >= 0.6 is 0 Å². The highest BCUT2D eigenvalue weighted by molar-refractivity contribution is 7.89. The van der Waals surface area contributed by atoms with Gasteiger partial charge in [-0.3, -0.25) is 4.79 Å². The molecule has 5 nitrogen and oxygen atoms in total. The molecule has 1 amide bonds. The Balaban J connectivity index is 2.17. The fourth-order valence-electron chi connectivity index (χ4n) is 2.27. The van der Waals surface area contributed by atoms with Crippen LogP contribution in [0.25, 0.3) is 0 Å². The number of sulfonamides is 1. The Morgan fingerprint density at radius 1 is 1.16 bits per heavy atom. The van der Waals surface area contributed by atoms with Crippen molar-refractivity contribution >= 4 is 15.9 Å². The zero-order valence-corrected chi connectivity index (χ0v) is 11.9. The summed E-state index contributed by atoms with van der Waals surface area (Å²) in [6.45, 7) is 5.75. The molecule has 1 aromatic carbocycles. The molecule has 0 saturated carbocycles. The average Bonchev–Trinajstić information content (AvgIpc) is 2.68. The van der Waals surface area contributed by atoms with Crippen LogP contribution in [-0.4, -0.2) is 32.3 Å². The van der Waals surface area contributed by atoms with Crippen molar-refractivity contribution in [3.63, 3.8) is 0 Å². The fourth-order valence-corrected chi connectivity index (χ4v) is 2.78. The highest BCUT2D eigenvalue weighted by Crippen LogP contribution is 2.23. The Hall–Kier alpha value is -1.40. The summed E-state index contributed by atoms with van der Waals surface area (Å²) in [5.41, 5.74) is 0.494. The van der Waals surface area contributed by atoms with Crippen LogP contribution < -0.4 is 5.14 Å². The van der Waals surface area contributed by atoms with Crippen LogP contribution in [0.1, 0.15) is 24.2 Å². The van der Waals surface area contributed by atoms with Gasteiger partial charge in [0.25, 0.3) is 5.91 Å². The molecule has 1 fully saturated rings. The van der Waals surface area contributed by atoms with Crippen LogP contribution in [-0.2, 0) is 10.0 Å². The molecule has 2 atom stereocenters. The molecule has 104 valence electrons. The maximum absolute atomic E-state index is 12.2. The molecule has 1 heterocycles. The normalized spacial score (nSPS) is 23.6. The van der Waals surface area contributed by atoms with Crippen molar-refractivity contribution in [1.82, 2.24) is 4.90 Å². The maximum Gasteiger partial charge on any atom is 0.253 e. The van der Waals surface area contributed by atoms with E-state index >= 15 is 0 Å². The van der Waals surface area contributed by atoms with Gasteiger partial charge in [0.05, 0.1) is 4.90 Å². The standard InChI is InChI=1S/C13H18N2O3S/c1-9-7-15(8-10(9)2)13(16)11-3-5-12(6-4-11)19(14,17)18/h3-6,9-10H,7-8H2,1-2H3,(H2,14,17,18). The van der Waals surface area contributed by atoms with Gasteiger partial charge in [0.1, 0.15) is 0 Å². The predicted octanol–water partition coefficient (Wildman–Crippen LogP) is 1.06. The summed E-state index contributed by atoms with van der Waals surface area (Å²) in [5.74, 6) is 0.928. The summed E-state index contributed by atoms with van der Waals surface area (Å²) in [4.78, 5) is 14.1. The van der Waals surface area contributed by atoms with E-state index in [9.17, 15) is 13.2 Å². The number of benzene rings is 1. The molecular formula is C13H18N2O3S. The highest BCUT2D eigenvalue weighted by atomic mass is 32.2. The Morgan fingerprint density at radius 3 is 2.05 bits per heavy atom. The molecule has 2 rings (SSSR count). The van der Waals surface area contributed by atoms with Crippen LogP contribution in [0.3, 0.4) is 0 Å². The lowest BCUT2D eigenvalue weighted by Gasteiger charge is -2.16. The fraction of sp³-hybridized carbons (Fsp3) is 0.462. The van der Waals surface area contributed by atoms with Gasteiger partial charge in [-0.15, -0.1) is 0 Å². The number of likely N-dealkylation sites (tertiary alicyclic amines) is 1. The summed E-state index contributed by atoms with van der Waals surface area (Å²) in [6, 6.07) is 5.75. The van der Waals surface area contributed by atoms with Gasteiger partial charge in [-0.1, -0.05) is 13.8 Å². The quantitative estimate of drug-likeness (QED) is 0.880. The third kappa shape index (κ3) is 2.96. The number of nitrogens with zero attached hydrogens (tertiary/aromatic N) is 1. The largest absolute Gasteiger partial charge is 0.338 e. The lowest BCUT2D eigenvalue weighted by atomic mass is 10.0. The van der Waals surface area contributed by atoms with Crippen molar-refractivity contribution in [3.05, 3.63) is 29.8 Å². The molecule has 1 saturated heterocycles. The summed E-state index contributed by atoms with van der Waals surface area (Å²) < 4.78 is 22.3. The van der Waals surface area contributed by atoms with Crippen molar-refractivity contribution in [1.29, 1.82) is 0 Å². The van der Waals surface area contributed by atoms with Crippen molar-refractivity contribution in [2.75, 3.05) is 13.1 Å². The summed E-state index contributed by atoms with van der Waals surface area (Å²) in [7, 11) is -3.71. The van der Waals surface area contributed by atoms with Crippen LogP contribution in [0, 0.1) is 11.8 Å². The molecule has 0 radical (unpaired) electrons. The molecule has 2 N–H and O–H groups in total. The number of carbonyl (C=O) groups excluding carboxylic acids is 1. The molecule has 0 aliphatic carbocycles.